The van der Waals surface area contributed by atoms with Crippen molar-refractivity contribution in [1.82, 2.24) is 15.1 Å². The van der Waals surface area contributed by atoms with E-state index in [9.17, 15) is 5.11 Å². The summed E-state index contributed by atoms with van der Waals surface area (Å²) in [4.78, 5) is 0. The highest BCUT2D eigenvalue weighted by molar-refractivity contribution is 6.30. The summed E-state index contributed by atoms with van der Waals surface area (Å²) < 4.78 is 7.01. The summed E-state index contributed by atoms with van der Waals surface area (Å²) in [6.07, 6.45) is 3.06. The van der Waals surface area contributed by atoms with E-state index < -0.39 is 6.10 Å². The van der Waals surface area contributed by atoms with Gasteiger partial charge in [-0.1, -0.05) is 24.9 Å². The van der Waals surface area contributed by atoms with Crippen LogP contribution in [0.2, 0.25) is 5.15 Å². The standard InChI is InChI=1S/C15H22ClN3O2/c1-3-4-7-19-15(16)12(11(2)18-19)9-17-10-13(20)14-6-5-8-21-14/h5-6,8,13,17,20H,3-4,7,9-10H2,1-2H3. The molecule has 0 fully saturated rings. The van der Waals surface area contributed by atoms with E-state index in [0.717, 1.165) is 30.6 Å². The Kier molecular flexibility index (Phi) is 5.85. The van der Waals surface area contributed by atoms with Gasteiger partial charge in [0.15, 0.2) is 0 Å². The van der Waals surface area contributed by atoms with E-state index in [1.54, 1.807) is 18.4 Å². The van der Waals surface area contributed by atoms with E-state index in [2.05, 4.69) is 17.3 Å². The molecule has 1 unspecified atom stereocenters. The molecule has 5 nitrogen and oxygen atoms in total. The molecule has 0 spiro atoms. The highest BCUT2D eigenvalue weighted by atomic mass is 35.5. The third kappa shape index (κ3) is 4.09. The Morgan fingerprint density at radius 2 is 2.33 bits per heavy atom. The summed E-state index contributed by atoms with van der Waals surface area (Å²) in [6, 6.07) is 3.52. The summed E-state index contributed by atoms with van der Waals surface area (Å²) in [7, 11) is 0. The summed E-state index contributed by atoms with van der Waals surface area (Å²) >= 11 is 6.36. The third-order valence-electron chi connectivity index (χ3n) is 3.42. The second kappa shape index (κ2) is 7.64. The quantitative estimate of drug-likeness (QED) is 0.786. The summed E-state index contributed by atoms with van der Waals surface area (Å²) in [6.45, 7) is 5.92. The van der Waals surface area contributed by atoms with Gasteiger partial charge >= 0.3 is 0 Å². The van der Waals surface area contributed by atoms with Gasteiger partial charge in [0.05, 0.1) is 12.0 Å². The predicted molar refractivity (Wildman–Crippen MR) is 82.3 cm³/mol. The Morgan fingerprint density at radius 1 is 1.52 bits per heavy atom. The lowest BCUT2D eigenvalue weighted by atomic mass is 10.2. The number of halogens is 1. The molecule has 0 aliphatic carbocycles. The van der Waals surface area contributed by atoms with E-state index in [1.165, 1.54) is 0 Å². The van der Waals surface area contributed by atoms with Crippen LogP contribution in [-0.4, -0.2) is 21.4 Å². The number of aliphatic hydroxyl groups is 1. The number of aryl methyl sites for hydroxylation is 2. The lowest BCUT2D eigenvalue weighted by Gasteiger charge is -2.09. The number of hydrogen-bond donors (Lipinski definition) is 2. The van der Waals surface area contributed by atoms with Gasteiger partial charge in [-0.15, -0.1) is 0 Å². The first-order valence-electron chi connectivity index (χ1n) is 7.27. The van der Waals surface area contributed by atoms with Crippen molar-refractivity contribution in [2.75, 3.05) is 6.54 Å². The molecule has 0 radical (unpaired) electrons. The maximum Gasteiger partial charge on any atom is 0.133 e. The van der Waals surface area contributed by atoms with Gasteiger partial charge in [-0.25, -0.2) is 0 Å². The average Bonchev–Trinajstić information content (AvgIpc) is 3.08. The second-order valence-electron chi connectivity index (χ2n) is 5.09. The van der Waals surface area contributed by atoms with Gasteiger partial charge in [0.25, 0.3) is 0 Å². The number of unbranched alkanes of at least 4 members (excludes halogenated alkanes) is 1. The van der Waals surface area contributed by atoms with Crippen LogP contribution in [-0.2, 0) is 13.1 Å². The number of nitrogens with one attached hydrogen (secondary N) is 1. The molecule has 116 valence electrons. The van der Waals surface area contributed by atoms with Crippen molar-refractivity contribution < 1.29 is 9.52 Å². The molecule has 21 heavy (non-hydrogen) atoms. The molecule has 1 atom stereocenters. The first-order valence-corrected chi connectivity index (χ1v) is 7.65. The van der Waals surface area contributed by atoms with Gasteiger partial charge in [-0.2, -0.15) is 5.10 Å². The third-order valence-corrected chi connectivity index (χ3v) is 3.84. The number of aromatic nitrogens is 2. The Hall–Kier alpha value is -1.30. The molecule has 2 N–H and O–H groups in total. The number of furan rings is 1. The molecule has 2 rings (SSSR count). The zero-order chi connectivity index (χ0) is 15.2. The fourth-order valence-corrected chi connectivity index (χ4v) is 2.49. The predicted octanol–water partition coefficient (Wildman–Crippen LogP) is 3.06. The van der Waals surface area contributed by atoms with Crippen molar-refractivity contribution in [1.29, 1.82) is 0 Å². The molecule has 6 heteroatoms. The molecule has 0 saturated carbocycles. The van der Waals surface area contributed by atoms with Crippen molar-refractivity contribution in [2.45, 2.75) is 45.9 Å². The lowest BCUT2D eigenvalue weighted by molar-refractivity contribution is 0.147. The summed E-state index contributed by atoms with van der Waals surface area (Å²) in [5.41, 5.74) is 1.91. The van der Waals surface area contributed by atoms with Crippen molar-refractivity contribution in [3.63, 3.8) is 0 Å². The van der Waals surface area contributed by atoms with Gasteiger partial charge in [-0.3, -0.25) is 4.68 Å². The molecule has 0 aliphatic rings. The van der Waals surface area contributed by atoms with Crippen LogP contribution in [0, 0.1) is 6.92 Å². The van der Waals surface area contributed by atoms with Crippen LogP contribution >= 0.6 is 11.6 Å². The van der Waals surface area contributed by atoms with Crippen molar-refractivity contribution >= 4 is 11.6 Å². The highest BCUT2D eigenvalue weighted by Crippen LogP contribution is 2.20. The number of nitrogens with zero attached hydrogens (tertiary/aromatic N) is 2. The topological polar surface area (TPSA) is 63.2 Å². The number of rotatable bonds is 8. The Labute approximate surface area is 129 Å². The SMILES string of the molecule is CCCCn1nc(C)c(CNCC(O)c2ccco2)c1Cl. The lowest BCUT2D eigenvalue weighted by Crippen LogP contribution is -2.21. The van der Waals surface area contributed by atoms with Crippen LogP contribution in [0.5, 0.6) is 0 Å². The van der Waals surface area contributed by atoms with Gasteiger partial charge in [-0.05, 0) is 25.5 Å². The first-order chi connectivity index (χ1) is 10.1. The van der Waals surface area contributed by atoms with E-state index in [0.29, 0.717) is 24.0 Å². The fraction of sp³-hybridized carbons (Fsp3) is 0.533. The van der Waals surface area contributed by atoms with Crippen molar-refractivity contribution in [2.24, 2.45) is 0 Å². The van der Waals surface area contributed by atoms with Crippen LogP contribution in [0.1, 0.15) is 42.9 Å². The average molecular weight is 312 g/mol. The van der Waals surface area contributed by atoms with Crippen LogP contribution in [0.3, 0.4) is 0 Å². The van der Waals surface area contributed by atoms with Gasteiger partial charge in [0.1, 0.15) is 17.0 Å². The molecular formula is C15H22ClN3O2. The van der Waals surface area contributed by atoms with E-state index in [4.69, 9.17) is 16.0 Å². The summed E-state index contributed by atoms with van der Waals surface area (Å²) in [5.74, 6) is 0.559. The normalized spacial score (nSPS) is 12.8. The van der Waals surface area contributed by atoms with Crippen LogP contribution in [0.25, 0.3) is 0 Å². The van der Waals surface area contributed by atoms with Crippen LogP contribution in [0.4, 0.5) is 0 Å². The van der Waals surface area contributed by atoms with Gasteiger partial charge in [0.2, 0.25) is 0 Å². The van der Waals surface area contributed by atoms with E-state index in [-0.39, 0.29) is 0 Å². The maximum atomic E-state index is 9.94. The molecule has 0 amide bonds. The Balaban J connectivity index is 1.89. The maximum absolute atomic E-state index is 9.94. The first kappa shape index (κ1) is 16.1. The Bertz CT molecular complexity index is 552. The minimum Gasteiger partial charge on any atom is -0.467 e. The highest BCUT2D eigenvalue weighted by Gasteiger charge is 2.14. The summed E-state index contributed by atoms with van der Waals surface area (Å²) in [5, 5.41) is 18.3. The molecule has 2 aromatic heterocycles. The van der Waals surface area contributed by atoms with Crippen molar-refractivity contribution in [3.05, 3.63) is 40.6 Å². The monoisotopic (exact) mass is 311 g/mol. The number of aliphatic hydroxyl groups excluding tert-OH is 1. The van der Waals surface area contributed by atoms with Crippen LogP contribution in [0.15, 0.2) is 22.8 Å². The minimum atomic E-state index is -0.658. The molecule has 0 saturated heterocycles. The van der Waals surface area contributed by atoms with E-state index in [1.807, 2.05) is 11.6 Å². The second-order valence-corrected chi connectivity index (χ2v) is 5.45. The molecule has 2 aromatic rings. The number of hydrogen-bond acceptors (Lipinski definition) is 4. The van der Waals surface area contributed by atoms with E-state index >= 15 is 0 Å². The fourth-order valence-electron chi connectivity index (χ4n) is 2.16. The molecular weight excluding hydrogens is 290 g/mol. The largest absolute Gasteiger partial charge is 0.467 e. The molecule has 0 bridgehead atoms. The molecule has 0 aliphatic heterocycles. The van der Waals surface area contributed by atoms with Gasteiger partial charge in [0, 0.05) is 25.2 Å². The smallest absolute Gasteiger partial charge is 0.133 e. The molecule has 0 aromatic carbocycles. The molecule has 2 heterocycles. The zero-order valence-electron chi connectivity index (χ0n) is 12.5. The Morgan fingerprint density at radius 3 is 3.00 bits per heavy atom. The van der Waals surface area contributed by atoms with Crippen LogP contribution < -0.4 is 5.32 Å². The zero-order valence-corrected chi connectivity index (χ0v) is 13.2. The van der Waals surface area contributed by atoms with Gasteiger partial charge < -0.3 is 14.8 Å². The minimum absolute atomic E-state index is 0.406. The van der Waals surface area contributed by atoms with Crippen molar-refractivity contribution in [3.8, 4) is 0 Å².